The molecule has 0 spiro atoms. The molecular formula is C12H26N4S. The lowest BCUT2D eigenvalue weighted by Crippen LogP contribution is -2.44. The first kappa shape index (κ1) is 14.6. The highest BCUT2D eigenvalue weighted by atomic mass is 32.2. The van der Waals surface area contributed by atoms with E-state index >= 15 is 0 Å². The number of hydrogen-bond donors (Lipinski definition) is 2. The number of rotatable bonds is 5. The Bertz CT molecular complexity index is 227. The highest BCUT2D eigenvalue weighted by Crippen LogP contribution is 2.20. The molecule has 0 atom stereocenters. The number of aliphatic imine (C=N–C) groups is 1. The zero-order chi connectivity index (χ0) is 12.5. The van der Waals surface area contributed by atoms with Crippen molar-refractivity contribution in [3.05, 3.63) is 0 Å². The minimum Gasteiger partial charge on any atom is -0.345 e. The normalized spacial score (nSPS) is 18.2. The second kappa shape index (κ2) is 8.64. The molecular weight excluding hydrogens is 232 g/mol. The summed E-state index contributed by atoms with van der Waals surface area (Å²) in [6.07, 6.45) is 9.71. The van der Waals surface area contributed by atoms with E-state index in [2.05, 4.69) is 23.6 Å². The Morgan fingerprint density at radius 3 is 2.71 bits per heavy atom. The van der Waals surface area contributed by atoms with Crippen LogP contribution in [0.25, 0.3) is 0 Å². The van der Waals surface area contributed by atoms with Crippen LogP contribution in [0.1, 0.15) is 38.5 Å². The smallest absolute Gasteiger partial charge is 0.208 e. The van der Waals surface area contributed by atoms with Crippen molar-refractivity contribution in [3.8, 4) is 0 Å². The maximum absolute atomic E-state index is 5.57. The first-order valence-corrected chi connectivity index (χ1v) is 7.91. The van der Waals surface area contributed by atoms with Gasteiger partial charge in [-0.25, -0.2) is 10.8 Å². The minimum absolute atomic E-state index is 0.470. The van der Waals surface area contributed by atoms with E-state index in [0.29, 0.717) is 6.04 Å². The predicted molar refractivity (Wildman–Crippen MR) is 77.3 cm³/mol. The van der Waals surface area contributed by atoms with Crippen molar-refractivity contribution in [1.29, 1.82) is 0 Å². The van der Waals surface area contributed by atoms with Gasteiger partial charge in [0.15, 0.2) is 0 Å². The zero-order valence-electron chi connectivity index (χ0n) is 11.1. The molecule has 17 heavy (non-hydrogen) atoms. The number of hydrazine groups is 1. The van der Waals surface area contributed by atoms with Crippen LogP contribution in [0.3, 0.4) is 0 Å². The van der Waals surface area contributed by atoms with Crippen molar-refractivity contribution in [2.24, 2.45) is 10.8 Å². The molecule has 0 aliphatic heterocycles. The molecule has 5 heteroatoms. The molecule has 0 saturated heterocycles. The van der Waals surface area contributed by atoms with Crippen LogP contribution in [0.15, 0.2) is 4.99 Å². The number of guanidine groups is 1. The Labute approximate surface area is 109 Å². The molecule has 0 amide bonds. The van der Waals surface area contributed by atoms with Crippen LogP contribution in [0.4, 0.5) is 0 Å². The van der Waals surface area contributed by atoms with Gasteiger partial charge in [-0.3, -0.25) is 5.43 Å². The van der Waals surface area contributed by atoms with Gasteiger partial charge >= 0.3 is 0 Å². The first-order chi connectivity index (χ1) is 8.27. The van der Waals surface area contributed by atoms with Crippen LogP contribution >= 0.6 is 11.8 Å². The van der Waals surface area contributed by atoms with Crippen molar-refractivity contribution in [2.45, 2.75) is 44.6 Å². The van der Waals surface area contributed by atoms with Gasteiger partial charge in [0.2, 0.25) is 5.96 Å². The lowest BCUT2D eigenvalue weighted by Gasteiger charge is -2.24. The van der Waals surface area contributed by atoms with Crippen LogP contribution in [0.2, 0.25) is 0 Å². The van der Waals surface area contributed by atoms with Gasteiger partial charge in [0.1, 0.15) is 0 Å². The van der Waals surface area contributed by atoms with E-state index < -0.39 is 0 Å². The highest BCUT2D eigenvalue weighted by Gasteiger charge is 2.14. The number of nitrogens with one attached hydrogen (secondary N) is 1. The Balaban J connectivity index is 2.41. The number of nitrogens with two attached hydrogens (primary N) is 1. The van der Waals surface area contributed by atoms with Crippen molar-refractivity contribution in [2.75, 3.05) is 25.6 Å². The molecule has 1 aliphatic rings. The third-order valence-corrected chi connectivity index (χ3v) is 3.91. The van der Waals surface area contributed by atoms with E-state index in [0.717, 1.165) is 12.5 Å². The maximum atomic E-state index is 5.57. The molecule has 0 heterocycles. The van der Waals surface area contributed by atoms with Gasteiger partial charge in [0.25, 0.3) is 0 Å². The molecule has 1 saturated carbocycles. The molecule has 0 aromatic carbocycles. The second-order valence-electron chi connectivity index (χ2n) is 4.66. The summed E-state index contributed by atoms with van der Waals surface area (Å²) in [6.45, 7) is 1.01. The fraction of sp³-hybridized carbons (Fsp3) is 0.917. The predicted octanol–water partition coefficient (Wildman–Crippen LogP) is 1.82. The molecule has 0 aromatic rings. The van der Waals surface area contributed by atoms with E-state index in [1.54, 1.807) is 0 Å². The molecule has 1 aliphatic carbocycles. The van der Waals surface area contributed by atoms with Crippen LogP contribution < -0.4 is 11.3 Å². The standard InChI is InChI=1S/C12H26N4S/c1-16(9-6-10-17-2)12(15-13)14-11-7-4-3-5-8-11/h11H,3-10,13H2,1-2H3,(H,14,15). The lowest BCUT2D eigenvalue weighted by molar-refractivity contribution is 0.424. The summed E-state index contributed by atoms with van der Waals surface area (Å²) in [5.41, 5.74) is 2.75. The third kappa shape index (κ3) is 5.64. The van der Waals surface area contributed by atoms with E-state index in [-0.39, 0.29) is 0 Å². The molecule has 0 radical (unpaired) electrons. The largest absolute Gasteiger partial charge is 0.345 e. The highest BCUT2D eigenvalue weighted by molar-refractivity contribution is 7.98. The van der Waals surface area contributed by atoms with Gasteiger partial charge in [-0.2, -0.15) is 11.8 Å². The molecule has 1 rings (SSSR count). The summed E-state index contributed by atoms with van der Waals surface area (Å²) in [5.74, 6) is 7.60. The summed E-state index contributed by atoms with van der Waals surface area (Å²) in [7, 11) is 2.06. The fourth-order valence-corrected chi connectivity index (χ4v) is 2.60. The average Bonchev–Trinajstić information content (AvgIpc) is 2.37. The zero-order valence-corrected chi connectivity index (χ0v) is 11.9. The molecule has 1 fully saturated rings. The Kier molecular flexibility index (Phi) is 7.44. The summed E-state index contributed by atoms with van der Waals surface area (Å²) in [6, 6.07) is 0.470. The fourth-order valence-electron chi connectivity index (χ4n) is 2.18. The summed E-state index contributed by atoms with van der Waals surface area (Å²) >= 11 is 1.88. The Morgan fingerprint density at radius 2 is 2.12 bits per heavy atom. The molecule has 3 N–H and O–H groups in total. The van der Waals surface area contributed by atoms with E-state index in [1.165, 1.54) is 44.3 Å². The Morgan fingerprint density at radius 1 is 1.41 bits per heavy atom. The van der Waals surface area contributed by atoms with Crippen molar-refractivity contribution < 1.29 is 0 Å². The van der Waals surface area contributed by atoms with Gasteiger partial charge in [-0.15, -0.1) is 0 Å². The second-order valence-corrected chi connectivity index (χ2v) is 5.64. The quantitative estimate of drug-likeness (QED) is 0.260. The number of hydrogen-bond acceptors (Lipinski definition) is 3. The molecule has 0 bridgehead atoms. The van der Waals surface area contributed by atoms with Crippen molar-refractivity contribution in [1.82, 2.24) is 10.3 Å². The lowest BCUT2D eigenvalue weighted by atomic mass is 9.96. The van der Waals surface area contributed by atoms with E-state index in [1.807, 2.05) is 11.8 Å². The van der Waals surface area contributed by atoms with Crippen LogP contribution in [0, 0.1) is 0 Å². The number of thioether (sulfide) groups is 1. The summed E-state index contributed by atoms with van der Waals surface area (Å²) in [5, 5.41) is 0. The Hall–Kier alpha value is -0.420. The van der Waals surface area contributed by atoms with Gasteiger partial charge in [0.05, 0.1) is 6.04 Å². The third-order valence-electron chi connectivity index (χ3n) is 3.21. The monoisotopic (exact) mass is 258 g/mol. The van der Waals surface area contributed by atoms with Crippen LogP contribution in [0.5, 0.6) is 0 Å². The molecule has 4 nitrogen and oxygen atoms in total. The van der Waals surface area contributed by atoms with Gasteiger partial charge in [-0.1, -0.05) is 19.3 Å². The van der Waals surface area contributed by atoms with Crippen LogP contribution in [-0.4, -0.2) is 42.5 Å². The molecule has 0 aromatic heterocycles. The average molecular weight is 258 g/mol. The topological polar surface area (TPSA) is 53.6 Å². The van der Waals surface area contributed by atoms with Crippen molar-refractivity contribution >= 4 is 17.7 Å². The van der Waals surface area contributed by atoms with Crippen molar-refractivity contribution in [3.63, 3.8) is 0 Å². The van der Waals surface area contributed by atoms with Gasteiger partial charge in [0, 0.05) is 13.6 Å². The van der Waals surface area contributed by atoms with E-state index in [4.69, 9.17) is 10.8 Å². The molecule has 0 unspecified atom stereocenters. The number of nitrogens with zero attached hydrogens (tertiary/aromatic N) is 2. The van der Waals surface area contributed by atoms with Gasteiger partial charge in [-0.05, 0) is 31.3 Å². The van der Waals surface area contributed by atoms with Crippen LogP contribution in [-0.2, 0) is 0 Å². The first-order valence-electron chi connectivity index (χ1n) is 6.52. The summed E-state index contributed by atoms with van der Waals surface area (Å²) in [4.78, 5) is 6.86. The summed E-state index contributed by atoms with van der Waals surface area (Å²) < 4.78 is 0. The molecule has 100 valence electrons. The SMILES string of the molecule is CSCCCN(C)C(=NC1CCCCC1)NN. The maximum Gasteiger partial charge on any atom is 0.208 e. The van der Waals surface area contributed by atoms with Gasteiger partial charge < -0.3 is 4.90 Å². The minimum atomic E-state index is 0.470. The van der Waals surface area contributed by atoms with E-state index in [9.17, 15) is 0 Å².